The molecule has 0 N–H and O–H groups in total. The SMILES string of the molecule is CCCCCCCCCCC1COS(=O)(=O)O1. The van der Waals surface area contributed by atoms with E-state index in [1.165, 1.54) is 38.5 Å². The highest BCUT2D eigenvalue weighted by Gasteiger charge is 2.29. The Labute approximate surface area is 105 Å². The monoisotopic (exact) mass is 264 g/mol. The first-order chi connectivity index (χ1) is 8.14. The Bertz CT molecular complexity index is 287. The van der Waals surface area contributed by atoms with E-state index in [1.54, 1.807) is 0 Å². The summed E-state index contributed by atoms with van der Waals surface area (Å²) in [6, 6.07) is 0. The lowest BCUT2D eigenvalue weighted by atomic mass is 10.1. The Balaban J connectivity index is 1.88. The van der Waals surface area contributed by atoms with Gasteiger partial charge in [0.05, 0.1) is 6.61 Å². The summed E-state index contributed by atoms with van der Waals surface area (Å²) >= 11 is 0. The highest BCUT2D eigenvalue weighted by Crippen LogP contribution is 2.18. The van der Waals surface area contributed by atoms with Crippen molar-refractivity contribution in [3.63, 3.8) is 0 Å². The van der Waals surface area contributed by atoms with Crippen molar-refractivity contribution in [2.45, 2.75) is 70.8 Å². The minimum absolute atomic E-state index is 0.193. The van der Waals surface area contributed by atoms with Crippen LogP contribution in [-0.2, 0) is 18.8 Å². The zero-order chi connectivity index (χ0) is 12.6. The van der Waals surface area contributed by atoms with Gasteiger partial charge in [-0.25, -0.2) is 8.37 Å². The van der Waals surface area contributed by atoms with Crippen molar-refractivity contribution in [1.29, 1.82) is 0 Å². The van der Waals surface area contributed by atoms with Crippen LogP contribution >= 0.6 is 0 Å². The molecule has 102 valence electrons. The van der Waals surface area contributed by atoms with Crippen LogP contribution in [-0.4, -0.2) is 21.1 Å². The van der Waals surface area contributed by atoms with Gasteiger partial charge in [-0.3, -0.25) is 0 Å². The first-order valence-electron chi connectivity index (χ1n) is 6.71. The molecule has 0 saturated carbocycles. The van der Waals surface area contributed by atoms with Crippen molar-refractivity contribution in [1.82, 2.24) is 0 Å². The molecule has 4 nitrogen and oxygen atoms in total. The van der Waals surface area contributed by atoms with Crippen LogP contribution in [0.25, 0.3) is 0 Å². The number of hydrogen-bond acceptors (Lipinski definition) is 4. The van der Waals surface area contributed by atoms with E-state index in [9.17, 15) is 8.42 Å². The fourth-order valence-corrected chi connectivity index (χ4v) is 2.88. The van der Waals surface area contributed by atoms with E-state index in [0.717, 1.165) is 19.3 Å². The molecule has 1 unspecified atom stereocenters. The van der Waals surface area contributed by atoms with Crippen LogP contribution in [0.3, 0.4) is 0 Å². The molecule has 5 heteroatoms. The minimum atomic E-state index is -3.65. The second-order valence-electron chi connectivity index (χ2n) is 4.67. The molecule has 0 aliphatic carbocycles. The molecule has 1 heterocycles. The normalized spacial score (nSPS) is 23.0. The summed E-state index contributed by atoms with van der Waals surface area (Å²) in [5, 5.41) is 0. The third kappa shape index (κ3) is 7.01. The highest BCUT2D eigenvalue weighted by molar-refractivity contribution is 7.82. The molecule has 1 fully saturated rings. The lowest BCUT2D eigenvalue weighted by molar-refractivity contribution is 0.218. The molecule has 1 aliphatic heterocycles. The summed E-state index contributed by atoms with van der Waals surface area (Å²) in [6.07, 6.45) is 10.5. The summed E-state index contributed by atoms with van der Waals surface area (Å²) in [7, 11) is -3.65. The van der Waals surface area contributed by atoms with Crippen LogP contribution in [0.1, 0.15) is 64.7 Å². The maximum atomic E-state index is 10.8. The van der Waals surface area contributed by atoms with Crippen LogP contribution in [0.4, 0.5) is 0 Å². The van der Waals surface area contributed by atoms with Gasteiger partial charge < -0.3 is 0 Å². The van der Waals surface area contributed by atoms with Crippen LogP contribution in [0, 0.1) is 0 Å². The Morgan fingerprint density at radius 1 is 1.00 bits per heavy atom. The van der Waals surface area contributed by atoms with Gasteiger partial charge in [-0.15, -0.1) is 0 Å². The fraction of sp³-hybridized carbons (Fsp3) is 1.00. The van der Waals surface area contributed by atoms with Crippen LogP contribution in [0.15, 0.2) is 0 Å². The maximum Gasteiger partial charge on any atom is 0.400 e. The lowest BCUT2D eigenvalue weighted by Gasteiger charge is -2.05. The Hall–Kier alpha value is -0.130. The van der Waals surface area contributed by atoms with Gasteiger partial charge in [0, 0.05) is 0 Å². The largest absolute Gasteiger partial charge is 0.400 e. The quantitative estimate of drug-likeness (QED) is 0.600. The molecule has 0 amide bonds. The molecular weight excluding hydrogens is 240 g/mol. The smallest absolute Gasteiger partial charge is 0.245 e. The van der Waals surface area contributed by atoms with Crippen molar-refractivity contribution < 1.29 is 16.8 Å². The third-order valence-corrected chi connectivity index (χ3v) is 3.96. The molecule has 1 rings (SSSR count). The Morgan fingerprint density at radius 2 is 1.59 bits per heavy atom. The average Bonchev–Trinajstić information content (AvgIpc) is 2.62. The molecule has 0 aromatic carbocycles. The molecular formula is C12H24O4S. The van der Waals surface area contributed by atoms with Crippen LogP contribution in [0.5, 0.6) is 0 Å². The molecule has 0 spiro atoms. The number of unbranched alkanes of at least 4 members (excludes halogenated alkanes) is 7. The second kappa shape index (κ2) is 8.06. The summed E-state index contributed by atoms with van der Waals surface area (Å²) in [5.74, 6) is 0. The Kier molecular flexibility index (Phi) is 7.08. The predicted molar refractivity (Wildman–Crippen MR) is 67.0 cm³/mol. The minimum Gasteiger partial charge on any atom is -0.245 e. The summed E-state index contributed by atoms with van der Waals surface area (Å²) in [5.41, 5.74) is 0. The zero-order valence-corrected chi connectivity index (χ0v) is 11.5. The van der Waals surface area contributed by atoms with Crippen LogP contribution in [0.2, 0.25) is 0 Å². The van der Waals surface area contributed by atoms with E-state index in [-0.39, 0.29) is 12.7 Å². The highest BCUT2D eigenvalue weighted by atomic mass is 32.3. The summed E-state index contributed by atoms with van der Waals surface area (Å²) in [6.45, 7) is 2.41. The van der Waals surface area contributed by atoms with Gasteiger partial charge in [-0.05, 0) is 6.42 Å². The average molecular weight is 264 g/mol. The first-order valence-corrected chi connectivity index (χ1v) is 8.05. The van der Waals surface area contributed by atoms with Crippen LogP contribution < -0.4 is 0 Å². The van der Waals surface area contributed by atoms with Crippen molar-refractivity contribution in [3.8, 4) is 0 Å². The standard InChI is InChI=1S/C12H24O4S/c1-2-3-4-5-6-7-8-9-10-12-11-15-17(13,14)16-12/h12H,2-11H2,1H3. The zero-order valence-electron chi connectivity index (χ0n) is 10.7. The van der Waals surface area contributed by atoms with Gasteiger partial charge >= 0.3 is 10.4 Å². The predicted octanol–water partition coefficient (Wildman–Crippen LogP) is 3.18. The van der Waals surface area contributed by atoms with Gasteiger partial charge in [-0.1, -0.05) is 58.3 Å². The lowest BCUT2D eigenvalue weighted by Crippen LogP contribution is -2.09. The van der Waals surface area contributed by atoms with E-state index >= 15 is 0 Å². The molecule has 1 saturated heterocycles. The Morgan fingerprint density at radius 3 is 2.12 bits per heavy atom. The van der Waals surface area contributed by atoms with Crippen molar-refractivity contribution >= 4 is 10.4 Å². The van der Waals surface area contributed by atoms with Gasteiger partial charge in [0.1, 0.15) is 6.10 Å². The molecule has 17 heavy (non-hydrogen) atoms. The van der Waals surface area contributed by atoms with Gasteiger partial charge in [0.15, 0.2) is 0 Å². The maximum absolute atomic E-state index is 10.8. The van der Waals surface area contributed by atoms with Crippen molar-refractivity contribution in [3.05, 3.63) is 0 Å². The molecule has 1 atom stereocenters. The summed E-state index contributed by atoms with van der Waals surface area (Å²) < 4.78 is 30.9. The van der Waals surface area contributed by atoms with Crippen molar-refractivity contribution in [2.75, 3.05) is 6.61 Å². The fourth-order valence-electron chi connectivity index (χ4n) is 2.02. The molecule has 1 aliphatic rings. The first kappa shape index (κ1) is 14.9. The number of rotatable bonds is 9. The number of hydrogen-bond donors (Lipinski definition) is 0. The molecule has 0 bridgehead atoms. The molecule has 0 aromatic heterocycles. The molecule has 0 radical (unpaired) electrons. The van der Waals surface area contributed by atoms with E-state index in [2.05, 4.69) is 11.1 Å². The van der Waals surface area contributed by atoms with Gasteiger partial charge in [0.25, 0.3) is 0 Å². The van der Waals surface area contributed by atoms with Gasteiger partial charge in [0.2, 0.25) is 0 Å². The third-order valence-electron chi connectivity index (χ3n) is 3.03. The van der Waals surface area contributed by atoms with Crippen molar-refractivity contribution in [2.24, 2.45) is 0 Å². The van der Waals surface area contributed by atoms with E-state index in [1.807, 2.05) is 0 Å². The molecule has 0 aromatic rings. The topological polar surface area (TPSA) is 52.6 Å². The second-order valence-corrected chi connectivity index (χ2v) is 5.92. The van der Waals surface area contributed by atoms with Gasteiger partial charge in [-0.2, -0.15) is 8.42 Å². The van der Waals surface area contributed by atoms with E-state index in [4.69, 9.17) is 4.18 Å². The summed E-state index contributed by atoms with van der Waals surface area (Å²) in [4.78, 5) is 0. The van der Waals surface area contributed by atoms with E-state index in [0.29, 0.717) is 0 Å². The van der Waals surface area contributed by atoms with E-state index < -0.39 is 10.4 Å².